The predicted molar refractivity (Wildman–Crippen MR) is 107 cm³/mol. The van der Waals surface area contributed by atoms with Gasteiger partial charge in [-0.1, -0.05) is 47.9 Å². The van der Waals surface area contributed by atoms with Crippen LogP contribution in [0.4, 0.5) is 5.13 Å². The van der Waals surface area contributed by atoms with Gasteiger partial charge in [0.25, 0.3) is 5.91 Å². The van der Waals surface area contributed by atoms with Gasteiger partial charge in [-0.2, -0.15) is 5.90 Å². The third-order valence-electron chi connectivity index (χ3n) is 3.62. The van der Waals surface area contributed by atoms with Gasteiger partial charge in [-0.3, -0.25) is 15.1 Å². The fraction of sp³-hybridized carbons (Fsp3) is 0.111. The molecule has 2 aromatic heterocycles. The molecule has 0 fully saturated rings. The van der Waals surface area contributed by atoms with Crippen molar-refractivity contribution in [2.45, 2.75) is 23.1 Å². The zero-order chi connectivity index (χ0) is 19.4. The number of hydrogen-bond acceptors (Lipinski definition) is 8. The molecule has 0 aliphatic heterocycles. The lowest BCUT2D eigenvalue weighted by Crippen LogP contribution is -2.18. The normalized spacial score (nSPS) is 11.8. The number of hydrogen-bond donors (Lipinski definition) is 2. The smallest absolute Gasteiger partial charge is 0.261 e. The molecule has 3 N–H and O–H groups in total. The van der Waals surface area contributed by atoms with E-state index in [-0.39, 0.29) is 11.3 Å². The van der Waals surface area contributed by atoms with Gasteiger partial charge in [0.1, 0.15) is 5.76 Å². The maximum absolute atomic E-state index is 12.5. The molecular weight excluding hydrogens is 382 g/mol. The van der Waals surface area contributed by atoms with E-state index in [9.17, 15) is 4.79 Å². The summed E-state index contributed by atoms with van der Waals surface area (Å²) in [5, 5.41) is 12.3. The number of nitrogens with one attached hydrogen (secondary N) is 1. The third kappa shape index (κ3) is 4.33. The van der Waals surface area contributed by atoms with Gasteiger partial charge in [0.2, 0.25) is 5.13 Å². The molecule has 1 amide bonds. The molecule has 7 nitrogen and oxygen atoms in total. The van der Waals surface area contributed by atoms with Gasteiger partial charge < -0.3 is 4.84 Å². The molecule has 0 unspecified atom stereocenters. The van der Waals surface area contributed by atoms with Crippen LogP contribution in [-0.2, 0) is 9.63 Å². The van der Waals surface area contributed by atoms with Gasteiger partial charge in [0, 0.05) is 16.5 Å². The first-order valence-electron chi connectivity index (χ1n) is 7.89. The van der Waals surface area contributed by atoms with E-state index in [2.05, 4.69) is 31.9 Å². The van der Waals surface area contributed by atoms with Crippen molar-refractivity contribution < 1.29 is 9.63 Å². The molecular formula is C18H17N5O2S2. The van der Waals surface area contributed by atoms with Crippen molar-refractivity contribution in [1.29, 1.82) is 0 Å². The number of anilines is 1. The second-order valence-electron chi connectivity index (χ2n) is 5.58. The average molecular weight is 400 g/mol. The summed E-state index contributed by atoms with van der Waals surface area (Å²) >= 11 is 2.75. The summed E-state index contributed by atoms with van der Waals surface area (Å²) in [4.78, 5) is 22.5. The first kappa shape index (κ1) is 19.0. The van der Waals surface area contributed by atoms with Crippen LogP contribution in [0, 0.1) is 0 Å². The highest BCUT2D eigenvalue weighted by atomic mass is 32.2. The Hall–Kier alpha value is -2.75. The van der Waals surface area contributed by atoms with E-state index in [0.29, 0.717) is 15.0 Å². The van der Waals surface area contributed by atoms with Crippen LogP contribution < -0.4 is 11.2 Å². The van der Waals surface area contributed by atoms with E-state index in [1.807, 2.05) is 30.3 Å². The van der Waals surface area contributed by atoms with Crippen LogP contribution in [0.3, 0.4) is 0 Å². The van der Waals surface area contributed by atoms with Crippen LogP contribution >= 0.6 is 23.1 Å². The molecule has 1 aromatic carbocycles. The monoisotopic (exact) mass is 399 g/mol. The van der Waals surface area contributed by atoms with Crippen molar-refractivity contribution in [3.8, 4) is 0 Å². The van der Waals surface area contributed by atoms with Gasteiger partial charge in [-0.05, 0) is 31.6 Å². The van der Waals surface area contributed by atoms with Crippen LogP contribution in [0.25, 0.3) is 10.9 Å². The second-order valence-corrected chi connectivity index (χ2v) is 7.85. The maximum atomic E-state index is 12.5. The summed E-state index contributed by atoms with van der Waals surface area (Å²) in [6.07, 6.45) is 1.76. The van der Waals surface area contributed by atoms with Gasteiger partial charge in [0.15, 0.2) is 4.34 Å². The Morgan fingerprint density at radius 1 is 1.26 bits per heavy atom. The van der Waals surface area contributed by atoms with Crippen molar-refractivity contribution >= 4 is 45.0 Å². The van der Waals surface area contributed by atoms with Crippen LogP contribution in [-0.4, -0.2) is 21.1 Å². The van der Waals surface area contributed by atoms with Gasteiger partial charge in [0.05, 0.1) is 11.1 Å². The number of rotatable bonds is 6. The van der Waals surface area contributed by atoms with E-state index < -0.39 is 5.91 Å². The molecule has 3 rings (SSSR count). The Bertz CT molecular complexity index is 1040. The van der Waals surface area contributed by atoms with Crippen molar-refractivity contribution in [2.24, 2.45) is 5.90 Å². The van der Waals surface area contributed by atoms with Crippen LogP contribution in [0.15, 0.2) is 69.2 Å². The molecule has 0 aliphatic carbocycles. The van der Waals surface area contributed by atoms with Crippen molar-refractivity contribution in [2.75, 3.05) is 5.32 Å². The second kappa shape index (κ2) is 8.30. The van der Waals surface area contributed by atoms with Gasteiger partial charge >= 0.3 is 0 Å². The number of pyridine rings is 1. The van der Waals surface area contributed by atoms with E-state index in [0.717, 1.165) is 15.8 Å². The number of para-hydroxylation sites is 1. The van der Waals surface area contributed by atoms with E-state index in [1.54, 1.807) is 20.0 Å². The Morgan fingerprint density at radius 2 is 2.04 bits per heavy atom. The lowest BCUT2D eigenvalue weighted by molar-refractivity contribution is -0.112. The van der Waals surface area contributed by atoms with Crippen LogP contribution in [0.1, 0.15) is 13.8 Å². The number of carbonyl (C=O) groups is 1. The highest BCUT2D eigenvalue weighted by Crippen LogP contribution is 2.35. The zero-order valence-electron chi connectivity index (χ0n) is 14.7. The quantitative estimate of drug-likeness (QED) is 0.213. The Kier molecular flexibility index (Phi) is 5.84. The molecule has 0 radical (unpaired) electrons. The van der Waals surface area contributed by atoms with Gasteiger partial charge in [-0.25, -0.2) is 0 Å². The molecule has 0 bridgehead atoms. The Balaban J connectivity index is 1.79. The lowest BCUT2D eigenvalue weighted by Gasteiger charge is -2.09. The van der Waals surface area contributed by atoms with E-state index in [4.69, 9.17) is 5.90 Å². The van der Waals surface area contributed by atoms with Gasteiger partial charge in [-0.15, -0.1) is 10.2 Å². The standard InChI is InChI=1S/C18H17N5O2S2/c1-10(2)15(11(3)25-19)16(24)21-17-22-23-18(27-17)26-14-8-9-20-13-7-5-4-6-12(13)14/h4-9H,1,19H2,2-3H3,(H,21,22,24)/b15-11+. The molecule has 0 atom stereocenters. The summed E-state index contributed by atoms with van der Waals surface area (Å²) in [5.41, 5.74) is 1.73. The Labute approximate surface area is 164 Å². The molecule has 0 spiro atoms. The number of amides is 1. The average Bonchev–Trinajstić information content (AvgIpc) is 3.08. The first-order chi connectivity index (χ1) is 13.0. The largest absolute Gasteiger partial charge is 0.415 e. The molecule has 138 valence electrons. The number of benzene rings is 1. The highest BCUT2D eigenvalue weighted by molar-refractivity contribution is 8.01. The predicted octanol–water partition coefficient (Wildman–Crippen LogP) is 3.92. The summed E-state index contributed by atoms with van der Waals surface area (Å²) < 4.78 is 0.703. The number of nitrogens with two attached hydrogens (primary N) is 1. The maximum Gasteiger partial charge on any atom is 0.261 e. The van der Waals surface area contributed by atoms with Crippen molar-refractivity contribution in [3.63, 3.8) is 0 Å². The first-order valence-corrected chi connectivity index (χ1v) is 9.53. The van der Waals surface area contributed by atoms with E-state index in [1.165, 1.54) is 23.1 Å². The molecule has 0 aliphatic rings. The summed E-state index contributed by atoms with van der Waals surface area (Å²) in [7, 11) is 0. The fourth-order valence-corrected chi connectivity index (χ4v) is 4.25. The van der Waals surface area contributed by atoms with E-state index >= 15 is 0 Å². The minimum atomic E-state index is -0.396. The molecule has 0 saturated heterocycles. The fourth-order valence-electron chi connectivity index (χ4n) is 2.43. The number of allylic oxidation sites excluding steroid dienone is 1. The number of nitrogens with zero attached hydrogens (tertiary/aromatic N) is 3. The molecule has 3 aromatic rings. The summed E-state index contributed by atoms with van der Waals surface area (Å²) in [6, 6.07) is 9.80. The summed E-state index contributed by atoms with van der Waals surface area (Å²) in [5.74, 6) is 5.05. The molecule has 9 heteroatoms. The topological polar surface area (TPSA) is 103 Å². The minimum Gasteiger partial charge on any atom is -0.415 e. The molecule has 2 heterocycles. The molecule has 0 saturated carbocycles. The van der Waals surface area contributed by atoms with Crippen LogP contribution in [0.2, 0.25) is 0 Å². The SMILES string of the molecule is C=C(C)/C(C(=O)Nc1nnc(Sc2ccnc3ccccc23)s1)=C(/C)ON. The number of aromatic nitrogens is 3. The zero-order valence-corrected chi connectivity index (χ0v) is 16.4. The highest BCUT2D eigenvalue weighted by Gasteiger charge is 2.18. The third-order valence-corrected chi connectivity index (χ3v) is 5.58. The van der Waals surface area contributed by atoms with Crippen molar-refractivity contribution in [3.05, 3.63) is 60.0 Å². The number of carbonyl (C=O) groups excluding carboxylic acids is 1. The lowest BCUT2D eigenvalue weighted by atomic mass is 10.1. The summed E-state index contributed by atoms with van der Waals surface area (Å²) in [6.45, 7) is 7.08. The Morgan fingerprint density at radius 3 is 2.78 bits per heavy atom. The minimum absolute atomic E-state index is 0.280. The van der Waals surface area contributed by atoms with Crippen molar-refractivity contribution in [1.82, 2.24) is 15.2 Å². The number of fused-ring (bicyclic) bond motifs is 1. The molecule has 27 heavy (non-hydrogen) atoms. The van der Waals surface area contributed by atoms with Crippen LogP contribution in [0.5, 0.6) is 0 Å².